The SMILES string of the molecule is CCNCc1cc(Br)cc(C)c1OCC(=O)NCC1CC1. The van der Waals surface area contributed by atoms with E-state index in [-0.39, 0.29) is 12.5 Å². The molecule has 0 aromatic heterocycles. The van der Waals surface area contributed by atoms with Crippen LogP contribution in [0.3, 0.4) is 0 Å². The van der Waals surface area contributed by atoms with Gasteiger partial charge < -0.3 is 15.4 Å². The van der Waals surface area contributed by atoms with E-state index in [1.54, 1.807) is 0 Å². The van der Waals surface area contributed by atoms with Crippen LogP contribution in [-0.4, -0.2) is 25.6 Å². The van der Waals surface area contributed by atoms with Crippen molar-refractivity contribution < 1.29 is 9.53 Å². The summed E-state index contributed by atoms with van der Waals surface area (Å²) in [6, 6.07) is 4.04. The molecule has 0 saturated heterocycles. The molecule has 0 spiro atoms. The van der Waals surface area contributed by atoms with Gasteiger partial charge in [0, 0.05) is 23.1 Å². The van der Waals surface area contributed by atoms with E-state index < -0.39 is 0 Å². The van der Waals surface area contributed by atoms with Gasteiger partial charge in [-0.15, -0.1) is 0 Å². The maximum Gasteiger partial charge on any atom is 0.257 e. The molecule has 0 radical (unpaired) electrons. The number of carbonyl (C=O) groups is 1. The van der Waals surface area contributed by atoms with Crippen molar-refractivity contribution in [3.63, 3.8) is 0 Å². The Morgan fingerprint density at radius 3 is 2.86 bits per heavy atom. The Hall–Kier alpha value is -1.07. The second-order valence-electron chi connectivity index (χ2n) is 5.53. The van der Waals surface area contributed by atoms with Crippen LogP contribution >= 0.6 is 15.9 Å². The number of rotatable bonds is 8. The van der Waals surface area contributed by atoms with Gasteiger partial charge in [-0.2, -0.15) is 0 Å². The van der Waals surface area contributed by atoms with Crippen molar-refractivity contribution in [3.05, 3.63) is 27.7 Å². The monoisotopic (exact) mass is 354 g/mol. The van der Waals surface area contributed by atoms with E-state index in [9.17, 15) is 4.79 Å². The first kappa shape index (κ1) is 16.3. The number of amides is 1. The molecule has 1 fully saturated rings. The molecule has 116 valence electrons. The molecule has 21 heavy (non-hydrogen) atoms. The zero-order valence-corrected chi connectivity index (χ0v) is 14.3. The largest absolute Gasteiger partial charge is 0.483 e. The summed E-state index contributed by atoms with van der Waals surface area (Å²) in [5.41, 5.74) is 2.10. The Labute approximate surface area is 134 Å². The highest BCUT2D eigenvalue weighted by atomic mass is 79.9. The van der Waals surface area contributed by atoms with E-state index in [2.05, 4.69) is 33.5 Å². The summed E-state index contributed by atoms with van der Waals surface area (Å²) in [4.78, 5) is 11.8. The maximum absolute atomic E-state index is 11.8. The van der Waals surface area contributed by atoms with Crippen molar-refractivity contribution >= 4 is 21.8 Å². The Kier molecular flexibility index (Phi) is 6.06. The van der Waals surface area contributed by atoms with Gasteiger partial charge >= 0.3 is 0 Å². The topological polar surface area (TPSA) is 50.4 Å². The van der Waals surface area contributed by atoms with E-state index in [1.165, 1.54) is 12.8 Å². The van der Waals surface area contributed by atoms with Crippen LogP contribution in [-0.2, 0) is 11.3 Å². The lowest BCUT2D eigenvalue weighted by Crippen LogP contribution is -2.30. The smallest absolute Gasteiger partial charge is 0.257 e. The summed E-state index contributed by atoms with van der Waals surface area (Å²) in [6.07, 6.45) is 2.47. The third-order valence-corrected chi connectivity index (χ3v) is 3.97. The van der Waals surface area contributed by atoms with Gasteiger partial charge in [0.25, 0.3) is 5.91 Å². The number of hydrogen-bond acceptors (Lipinski definition) is 3. The lowest BCUT2D eigenvalue weighted by atomic mass is 10.1. The zero-order chi connectivity index (χ0) is 15.2. The fourth-order valence-electron chi connectivity index (χ4n) is 2.17. The first-order chi connectivity index (χ1) is 10.1. The Morgan fingerprint density at radius 1 is 1.43 bits per heavy atom. The molecule has 0 aliphatic heterocycles. The summed E-state index contributed by atoms with van der Waals surface area (Å²) in [5.74, 6) is 1.45. The van der Waals surface area contributed by atoms with Gasteiger partial charge in [-0.25, -0.2) is 0 Å². The molecule has 5 heteroatoms. The van der Waals surface area contributed by atoms with E-state index in [4.69, 9.17) is 4.74 Å². The van der Waals surface area contributed by atoms with Crippen LogP contribution in [0.25, 0.3) is 0 Å². The molecule has 1 aromatic rings. The molecule has 0 heterocycles. The third kappa shape index (κ3) is 5.32. The van der Waals surface area contributed by atoms with Crippen molar-refractivity contribution in [2.75, 3.05) is 19.7 Å². The summed E-state index contributed by atoms with van der Waals surface area (Å²) in [7, 11) is 0. The quantitative estimate of drug-likeness (QED) is 0.754. The van der Waals surface area contributed by atoms with Crippen LogP contribution in [0.4, 0.5) is 0 Å². The molecule has 4 nitrogen and oxygen atoms in total. The molecule has 0 atom stereocenters. The molecule has 1 aliphatic carbocycles. The second-order valence-corrected chi connectivity index (χ2v) is 6.44. The van der Waals surface area contributed by atoms with Gasteiger partial charge in [0.1, 0.15) is 5.75 Å². The first-order valence-corrected chi connectivity index (χ1v) is 8.28. The average molecular weight is 355 g/mol. The lowest BCUT2D eigenvalue weighted by Gasteiger charge is -2.15. The van der Waals surface area contributed by atoms with Gasteiger partial charge in [0.2, 0.25) is 0 Å². The summed E-state index contributed by atoms with van der Waals surface area (Å²) < 4.78 is 6.79. The Balaban J connectivity index is 1.94. The summed E-state index contributed by atoms with van der Waals surface area (Å²) in [5, 5.41) is 6.21. The number of ether oxygens (including phenoxy) is 1. The Bertz CT molecular complexity index is 501. The molecular weight excluding hydrogens is 332 g/mol. The minimum absolute atomic E-state index is 0.0429. The number of nitrogens with one attached hydrogen (secondary N) is 2. The van der Waals surface area contributed by atoms with Gasteiger partial charge in [-0.1, -0.05) is 22.9 Å². The summed E-state index contributed by atoms with van der Waals surface area (Å²) in [6.45, 7) is 6.55. The number of benzene rings is 1. The zero-order valence-electron chi connectivity index (χ0n) is 12.7. The number of aryl methyl sites for hydroxylation is 1. The molecule has 0 bridgehead atoms. The maximum atomic E-state index is 11.8. The van der Waals surface area contributed by atoms with Gasteiger partial charge in [-0.05, 0) is 49.9 Å². The third-order valence-electron chi connectivity index (χ3n) is 3.51. The number of carbonyl (C=O) groups excluding carboxylic acids is 1. The lowest BCUT2D eigenvalue weighted by molar-refractivity contribution is -0.123. The van der Waals surface area contributed by atoms with Crippen molar-refractivity contribution in [1.29, 1.82) is 0 Å². The predicted octanol–water partition coefficient (Wildman–Crippen LogP) is 2.77. The second kappa shape index (κ2) is 7.80. The molecule has 0 unspecified atom stereocenters. The van der Waals surface area contributed by atoms with Crippen molar-refractivity contribution in [2.45, 2.75) is 33.2 Å². The predicted molar refractivity (Wildman–Crippen MR) is 87.5 cm³/mol. The van der Waals surface area contributed by atoms with Gasteiger partial charge in [-0.3, -0.25) is 4.79 Å². The van der Waals surface area contributed by atoms with Gasteiger partial charge in [0.15, 0.2) is 6.61 Å². The standard InChI is InChI=1S/C16H23BrN2O2/c1-3-18-9-13-7-14(17)6-11(2)16(13)21-10-15(20)19-8-12-4-5-12/h6-7,12,18H,3-5,8-10H2,1-2H3,(H,19,20). The molecule has 1 aliphatic rings. The normalized spacial score (nSPS) is 14.0. The van der Waals surface area contributed by atoms with Gasteiger partial charge in [0.05, 0.1) is 0 Å². The average Bonchev–Trinajstić information content (AvgIpc) is 3.25. The fraction of sp³-hybridized carbons (Fsp3) is 0.562. The number of hydrogen-bond donors (Lipinski definition) is 2. The van der Waals surface area contributed by atoms with Crippen LogP contribution < -0.4 is 15.4 Å². The van der Waals surface area contributed by atoms with Crippen LogP contribution in [0.2, 0.25) is 0 Å². The summed E-state index contributed by atoms with van der Waals surface area (Å²) >= 11 is 3.50. The van der Waals surface area contributed by atoms with Crippen LogP contribution in [0.5, 0.6) is 5.75 Å². The van der Waals surface area contributed by atoms with E-state index >= 15 is 0 Å². The highest BCUT2D eigenvalue weighted by molar-refractivity contribution is 9.10. The highest BCUT2D eigenvalue weighted by Crippen LogP contribution is 2.29. The van der Waals surface area contributed by atoms with E-state index in [0.717, 1.165) is 41.0 Å². The Morgan fingerprint density at radius 2 is 2.19 bits per heavy atom. The van der Waals surface area contributed by atoms with E-state index in [1.807, 2.05) is 19.1 Å². The van der Waals surface area contributed by atoms with Crippen molar-refractivity contribution in [1.82, 2.24) is 10.6 Å². The minimum atomic E-state index is -0.0429. The minimum Gasteiger partial charge on any atom is -0.483 e. The highest BCUT2D eigenvalue weighted by Gasteiger charge is 2.21. The molecule has 2 rings (SSSR count). The number of halogens is 1. The van der Waals surface area contributed by atoms with E-state index in [0.29, 0.717) is 5.92 Å². The van der Waals surface area contributed by atoms with Crippen LogP contribution in [0, 0.1) is 12.8 Å². The van der Waals surface area contributed by atoms with Crippen LogP contribution in [0.1, 0.15) is 30.9 Å². The molecule has 1 saturated carbocycles. The molecule has 1 aromatic carbocycles. The molecule has 2 N–H and O–H groups in total. The molecular formula is C16H23BrN2O2. The van der Waals surface area contributed by atoms with Crippen LogP contribution in [0.15, 0.2) is 16.6 Å². The molecule has 1 amide bonds. The first-order valence-electron chi connectivity index (χ1n) is 7.49. The fourth-order valence-corrected chi connectivity index (χ4v) is 2.79. The van der Waals surface area contributed by atoms with Crippen molar-refractivity contribution in [2.24, 2.45) is 5.92 Å². The van der Waals surface area contributed by atoms with Crippen molar-refractivity contribution in [3.8, 4) is 5.75 Å².